The van der Waals surface area contributed by atoms with Crippen molar-refractivity contribution in [3.8, 4) is 5.75 Å². The van der Waals surface area contributed by atoms with Crippen molar-refractivity contribution in [2.24, 2.45) is 0 Å². The van der Waals surface area contributed by atoms with Crippen LogP contribution in [0.1, 0.15) is 26.2 Å². The van der Waals surface area contributed by atoms with Gasteiger partial charge in [0.25, 0.3) is 0 Å². The standard InChI is InChI=1S/C13H16F3NO2/c1-2-3-8-12(18)17-10-6-4-5-7-11(10)19-9-13(14,15)16/h4-7H,2-3,8-9H2,1H3,(H,17,18). The van der Waals surface area contributed by atoms with Crippen LogP contribution in [-0.2, 0) is 4.79 Å². The van der Waals surface area contributed by atoms with Crippen LogP contribution in [0.15, 0.2) is 24.3 Å². The van der Waals surface area contributed by atoms with Crippen LogP contribution in [0, 0.1) is 0 Å². The van der Waals surface area contributed by atoms with E-state index in [1.54, 1.807) is 12.1 Å². The monoisotopic (exact) mass is 275 g/mol. The van der Waals surface area contributed by atoms with E-state index < -0.39 is 12.8 Å². The number of carbonyl (C=O) groups excluding carboxylic acids is 1. The molecule has 0 heterocycles. The molecule has 1 aromatic carbocycles. The fourth-order valence-electron chi connectivity index (χ4n) is 1.41. The average molecular weight is 275 g/mol. The Morgan fingerprint density at radius 1 is 1.32 bits per heavy atom. The lowest BCUT2D eigenvalue weighted by Gasteiger charge is -2.13. The van der Waals surface area contributed by atoms with Crippen LogP contribution in [-0.4, -0.2) is 18.7 Å². The van der Waals surface area contributed by atoms with Crippen LogP contribution in [0.4, 0.5) is 18.9 Å². The molecule has 0 aliphatic heterocycles. The minimum Gasteiger partial charge on any atom is -0.482 e. The van der Waals surface area contributed by atoms with Gasteiger partial charge in [0.1, 0.15) is 5.75 Å². The van der Waals surface area contributed by atoms with E-state index in [-0.39, 0.29) is 17.3 Å². The van der Waals surface area contributed by atoms with Crippen molar-refractivity contribution >= 4 is 11.6 Å². The van der Waals surface area contributed by atoms with E-state index in [0.29, 0.717) is 6.42 Å². The molecule has 19 heavy (non-hydrogen) atoms. The lowest BCUT2D eigenvalue weighted by molar-refractivity contribution is -0.153. The highest BCUT2D eigenvalue weighted by Gasteiger charge is 2.28. The molecule has 1 N–H and O–H groups in total. The van der Waals surface area contributed by atoms with Crippen molar-refractivity contribution in [1.29, 1.82) is 0 Å². The molecule has 106 valence electrons. The van der Waals surface area contributed by atoms with Gasteiger partial charge in [0, 0.05) is 6.42 Å². The van der Waals surface area contributed by atoms with Crippen LogP contribution in [0.25, 0.3) is 0 Å². The van der Waals surface area contributed by atoms with Crippen LogP contribution in [0.5, 0.6) is 5.75 Å². The number of halogens is 3. The molecular weight excluding hydrogens is 259 g/mol. The molecule has 1 rings (SSSR count). The summed E-state index contributed by atoms with van der Waals surface area (Å²) in [5.74, 6) is -0.213. The Morgan fingerprint density at radius 2 is 2.00 bits per heavy atom. The van der Waals surface area contributed by atoms with Crippen LogP contribution in [0.2, 0.25) is 0 Å². The summed E-state index contributed by atoms with van der Waals surface area (Å²) in [4.78, 5) is 11.5. The zero-order chi connectivity index (χ0) is 14.3. The van der Waals surface area contributed by atoms with Gasteiger partial charge in [0.2, 0.25) is 5.91 Å². The minimum absolute atomic E-state index is 0.0182. The average Bonchev–Trinajstić information content (AvgIpc) is 2.34. The molecule has 0 saturated heterocycles. The van der Waals surface area contributed by atoms with Gasteiger partial charge < -0.3 is 10.1 Å². The highest BCUT2D eigenvalue weighted by atomic mass is 19.4. The van der Waals surface area contributed by atoms with Crippen molar-refractivity contribution in [1.82, 2.24) is 0 Å². The second-order valence-electron chi connectivity index (χ2n) is 4.05. The number of anilines is 1. The van der Waals surface area contributed by atoms with Gasteiger partial charge in [-0.1, -0.05) is 25.5 Å². The van der Waals surface area contributed by atoms with Gasteiger partial charge in [-0.25, -0.2) is 0 Å². The van der Waals surface area contributed by atoms with Crippen molar-refractivity contribution in [3.05, 3.63) is 24.3 Å². The normalized spacial score (nSPS) is 11.2. The minimum atomic E-state index is -4.40. The second kappa shape index (κ2) is 7.01. The molecule has 0 spiro atoms. The highest BCUT2D eigenvalue weighted by Crippen LogP contribution is 2.26. The number of alkyl halides is 3. The molecule has 0 aliphatic carbocycles. The summed E-state index contributed by atoms with van der Waals surface area (Å²) in [5.41, 5.74) is 0.257. The first-order chi connectivity index (χ1) is 8.92. The van der Waals surface area contributed by atoms with Crippen molar-refractivity contribution < 1.29 is 22.7 Å². The molecule has 0 aliphatic rings. The van der Waals surface area contributed by atoms with Gasteiger partial charge >= 0.3 is 6.18 Å². The predicted octanol–water partition coefficient (Wildman–Crippen LogP) is 3.76. The molecule has 3 nitrogen and oxygen atoms in total. The van der Waals surface area contributed by atoms with Gasteiger partial charge in [0.05, 0.1) is 5.69 Å². The summed E-state index contributed by atoms with van der Waals surface area (Å²) < 4.78 is 40.9. The number of benzene rings is 1. The van der Waals surface area contributed by atoms with Gasteiger partial charge in [-0.05, 0) is 18.6 Å². The number of unbranched alkanes of at least 4 members (excludes halogenated alkanes) is 1. The molecule has 6 heteroatoms. The summed E-state index contributed by atoms with van der Waals surface area (Å²) >= 11 is 0. The number of rotatable bonds is 6. The topological polar surface area (TPSA) is 38.3 Å². The molecule has 0 saturated carbocycles. The van der Waals surface area contributed by atoms with Crippen LogP contribution >= 0.6 is 0 Å². The Kier molecular flexibility index (Phi) is 5.66. The lowest BCUT2D eigenvalue weighted by Crippen LogP contribution is -2.20. The first-order valence-corrected chi connectivity index (χ1v) is 6.01. The zero-order valence-electron chi connectivity index (χ0n) is 10.6. The number of para-hydroxylation sites is 2. The summed E-state index contributed by atoms with van der Waals surface area (Å²) in [6, 6.07) is 6.07. The van der Waals surface area contributed by atoms with Gasteiger partial charge in [-0.3, -0.25) is 4.79 Å². The molecular formula is C13H16F3NO2. The zero-order valence-corrected chi connectivity index (χ0v) is 10.6. The van der Waals surface area contributed by atoms with Crippen LogP contribution < -0.4 is 10.1 Å². The summed E-state index contributed by atoms with van der Waals surface area (Å²) in [5, 5.41) is 2.55. The highest BCUT2D eigenvalue weighted by molar-refractivity contribution is 5.92. The maximum absolute atomic E-state index is 12.1. The number of carbonyl (C=O) groups is 1. The lowest BCUT2D eigenvalue weighted by atomic mass is 10.2. The summed E-state index contributed by atoms with van der Waals surface area (Å²) in [6.07, 6.45) is -2.46. The summed E-state index contributed by atoms with van der Waals surface area (Å²) in [7, 11) is 0. The maximum Gasteiger partial charge on any atom is 0.422 e. The van der Waals surface area contributed by atoms with Gasteiger partial charge in [-0.15, -0.1) is 0 Å². The number of hydrogen-bond donors (Lipinski definition) is 1. The maximum atomic E-state index is 12.1. The molecule has 0 aromatic heterocycles. The third-order valence-electron chi connectivity index (χ3n) is 2.31. The second-order valence-corrected chi connectivity index (χ2v) is 4.05. The molecule has 0 atom stereocenters. The Balaban J connectivity index is 2.65. The largest absolute Gasteiger partial charge is 0.482 e. The van der Waals surface area contributed by atoms with Gasteiger partial charge in [0.15, 0.2) is 6.61 Å². The Morgan fingerprint density at radius 3 is 2.63 bits per heavy atom. The number of nitrogens with one attached hydrogen (secondary N) is 1. The third kappa shape index (κ3) is 6.13. The van der Waals surface area contributed by atoms with E-state index >= 15 is 0 Å². The predicted molar refractivity (Wildman–Crippen MR) is 66.1 cm³/mol. The smallest absolute Gasteiger partial charge is 0.422 e. The van der Waals surface area contributed by atoms with Crippen LogP contribution in [0.3, 0.4) is 0 Å². The molecule has 0 radical (unpaired) electrons. The molecule has 0 unspecified atom stereocenters. The number of ether oxygens (including phenoxy) is 1. The fourth-order valence-corrected chi connectivity index (χ4v) is 1.41. The van der Waals surface area contributed by atoms with Crippen molar-refractivity contribution in [2.45, 2.75) is 32.4 Å². The third-order valence-corrected chi connectivity index (χ3v) is 2.31. The molecule has 1 aromatic rings. The SMILES string of the molecule is CCCCC(=O)Nc1ccccc1OCC(F)(F)F. The number of amides is 1. The molecule has 1 amide bonds. The van der Waals surface area contributed by atoms with E-state index in [1.807, 2.05) is 6.92 Å². The van der Waals surface area contributed by atoms with E-state index in [9.17, 15) is 18.0 Å². The number of hydrogen-bond acceptors (Lipinski definition) is 2. The fraction of sp³-hybridized carbons (Fsp3) is 0.462. The van der Waals surface area contributed by atoms with E-state index in [4.69, 9.17) is 0 Å². The Bertz CT molecular complexity index is 419. The Hall–Kier alpha value is -1.72. The van der Waals surface area contributed by atoms with E-state index in [2.05, 4.69) is 10.1 Å². The van der Waals surface area contributed by atoms with Gasteiger partial charge in [-0.2, -0.15) is 13.2 Å². The summed E-state index contributed by atoms with van der Waals surface area (Å²) in [6.45, 7) is 0.572. The van der Waals surface area contributed by atoms with E-state index in [0.717, 1.165) is 12.8 Å². The Labute approximate surface area is 109 Å². The van der Waals surface area contributed by atoms with Crippen molar-refractivity contribution in [2.75, 3.05) is 11.9 Å². The molecule has 0 bridgehead atoms. The van der Waals surface area contributed by atoms with E-state index in [1.165, 1.54) is 12.1 Å². The quantitative estimate of drug-likeness (QED) is 0.858. The molecule has 0 fully saturated rings. The van der Waals surface area contributed by atoms with Crippen molar-refractivity contribution in [3.63, 3.8) is 0 Å². The first-order valence-electron chi connectivity index (χ1n) is 6.01. The first kappa shape index (κ1) is 15.3.